The van der Waals surface area contributed by atoms with Crippen LogP contribution in [0.15, 0.2) is 24.4 Å². The molecule has 0 aliphatic heterocycles. The SMILES string of the molecule is CC(=O)Nc1nc(N)[nH]c2ccc3nccc3c12. The number of benzene rings is 1. The van der Waals surface area contributed by atoms with Crippen molar-refractivity contribution in [2.45, 2.75) is 6.92 Å². The van der Waals surface area contributed by atoms with Gasteiger partial charge in [0.05, 0.1) is 16.4 Å². The molecule has 0 bridgehead atoms. The highest BCUT2D eigenvalue weighted by molar-refractivity contribution is 6.13. The number of rotatable bonds is 1. The molecule has 0 aliphatic carbocycles. The van der Waals surface area contributed by atoms with Crippen molar-refractivity contribution in [2.24, 2.45) is 0 Å². The zero-order chi connectivity index (χ0) is 12.7. The van der Waals surface area contributed by atoms with Gasteiger partial charge in [0.25, 0.3) is 0 Å². The third kappa shape index (κ3) is 1.55. The number of amides is 1. The van der Waals surface area contributed by atoms with Crippen LogP contribution in [-0.2, 0) is 4.79 Å². The van der Waals surface area contributed by atoms with Gasteiger partial charge >= 0.3 is 0 Å². The molecule has 0 aliphatic rings. The van der Waals surface area contributed by atoms with E-state index in [0.29, 0.717) is 5.82 Å². The highest BCUT2D eigenvalue weighted by atomic mass is 16.1. The highest BCUT2D eigenvalue weighted by Crippen LogP contribution is 2.29. The number of aromatic nitrogens is 3. The first kappa shape index (κ1) is 10.5. The third-order valence-corrected chi connectivity index (χ3v) is 2.70. The Hall–Kier alpha value is -2.63. The lowest BCUT2D eigenvalue weighted by molar-refractivity contribution is -0.114. The Labute approximate surface area is 102 Å². The average molecular weight is 241 g/mol. The van der Waals surface area contributed by atoms with Gasteiger partial charge in [-0.3, -0.25) is 9.78 Å². The first-order chi connectivity index (χ1) is 8.65. The van der Waals surface area contributed by atoms with Gasteiger partial charge in [0, 0.05) is 18.5 Å². The zero-order valence-electron chi connectivity index (χ0n) is 9.69. The smallest absolute Gasteiger partial charge is 0.222 e. The summed E-state index contributed by atoms with van der Waals surface area (Å²) in [5.74, 6) is 0.517. The van der Waals surface area contributed by atoms with E-state index in [1.165, 1.54) is 6.92 Å². The van der Waals surface area contributed by atoms with Crippen molar-refractivity contribution in [1.82, 2.24) is 15.0 Å². The number of nitrogens with one attached hydrogen (secondary N) is 2. The standard InChI is InChI=1S/C12H11N5O/c1-6(18)15-11-10-7-4-5-14-8(7)2-3-9(10)16-12(13)17-11/h2-5H,1H3,(H,15,18)(H3,13,16,17). The molecule has 0 saturated heterocycles. The van der Waals surface area contributed by atoms with Crippen LogP contribution in [0.25, 0.3) is 21.8 Å². The number of H-pyrrole nitrogens is 1. The van der Waals surface area contributed by atoms with E-state index in [1.54, 1.807) is 6.20 Å². The predicted octanol–water partition coefficient (Wildman–Crippen LogP) is 1.65. The lowest BCUT2D eigenvalue weighted by atomic mass is 10.1. The molecule has 6 nitrogen and oxygen atoms in total. The minimum atomic E-state index is -0.189. The predicted molar refractivity (Wildman–Crippen MR) is 70.1 cm³/mol. The number of fused-ring (bicyclic) bond motifs is 3. The number of nitrogens with zero attached hydrogens (tertiary/aromatic N) is 2. The van der Waals surface area contributed by atoms with Gasteiger partial charge in [-0.15, -0.1) is 0 Å². The number of nitrogens with two attached hydrogens (primary N) is 1. The monoisotopic (exact) mass is 241 g/mol. The Kier molecular flexibility index (Phi) is 2.16. The van der Waals surface area contributed by atoms with E-state index in [-0.39, 0.29) is 11.9 Å². The van der Waals surface area contributed by atoms with Crippen LogP contribution >= 0.6 is 0 Å². The van der Waals surface area contributed by atoms with Crippen LogP contribution in [0.5, 0.6) is 0 Å². The van der Waals surface area contributed by atoms with Crippen LogP contribution in [0, 0.1) is 0 Å². The summed E-state index contributed by atoms with van der Waals surface area (Å²) in [6, 6.07) is 5.65. The second-order valence-electron chi connectivity index (χ2n) is 4.02. The van der Waals surface area contributed by atoms with Crippen molar-refractivity contribution in [3.05, 3.63) is 24.4 Å². The van der Waals surface area contributed by atoms with Crippen molar-refractivity contribution in [2.75, 3.05) is 11.1 Å². The van der Waals surface area contributed by atoms with E-state index < -0.39 is 0 Å². The van der Waals surface area contributed by atoms with Crippen molar-refractivity contribution < 1.29 is 4.79 Å². The largest absolute Gasteiger partial charge is 0.369 e. The van der Waals surface area contributed by atoms with Crippen LogP contribution in [-0.4, -0.2) is 20.9 Å². The maximum Gasteiger partial charge on any atom is 0.222 e. The van der Waals surface area contributed by atoms with Crippen LogP contribution in [0.1, 0.15) is 6.92 Å². The molecule has 2 aromatic heterocycles. The molecule has 4 N–H and O–H groups in total. The van der Waals surface area contributed by atoms with E-state index in [4.69, 9.17) is 5.73 Å². The van der Waals surface area contributed by atoms with E-state index in [0.717, 1.165) is 21.8 Å². The summed E-state index contributed by atoms with van der Waals surface area (Å²) in [6.07, 6.45) is 1.72. The molecule has 6 heteroatoms. The molecule has 3 rings (SSSR count). The van der Waals surface area contributed by atoms with Crippen molar-refractivity contribution in [3.8, 4) is 0 Å². The highest BCUT2D eigenvalue weighted by Gasteiger charge is 2.10. The maximum atomic E-state index is 11.2. The molecule has 2 heterocycles. The van der Waals surface area contributed by atoms with E-state index >= 15 is 0 Å². The quantitative estimate of drug-likeness (QED) is 0.603. The third-order valence-electron chi connectivity index (χ3n) is 2.70. The van der Waals surface area contributed by atoms with Gasteiger partial charge in [-0.2, -0.15) is 4.98 Å². The van der Waals surface area contributed by atoms with Crippen LogP contribution in [0.3, 0.4) is 0 Å². The number of aromatic amines is 1. The summed E-state index contributed by atoms with van der Waals surface area (Å²) >= 11 is 0. The van der Waals surface area contributed by atoms with Gasteiger partial charge < -0.3 is 16.0 Å². The Morgan fingerprint density at radius 3 is 3.00 bits per heavy atom. The van der Waals surface area contributed by atoms with Crippen molar-refractivity contribution >= 4 is 39.5 Å². The number of hydrogen-bond donors (Lipinski definition) is 3. The molecule has 3 aromatic rings. The van der Waals surface area contributed by atoms with Crippen LogP contribution < -0.4 is 11.1 Å². The molecule has 90 valence electrons. The summed E-state index contributed by atoms with van der Waals surface area (Å²) in [4.78, 5) is 22.6. The van der Waals surface area contributed by atoms with E-state index in [2.05, 4.69) is 20.3 Å². The molecule has 1 aromatic carbocycles. The van der Waals surface area contributed by atoms with Gasteiger partial charge in [0.2, 0.25) is 5.91 Å². The minimum Gasteiger partial charge on any atom is -0.369 e. The molecular weight excluding hydrogens is 230 g/mol. The minimum absolute atomic E-state index is 0.189. The first-order valence-electron chi connectivity index (χ1n) is 5.45. The van der Waals surface area contributed by atoms with Gasteiger partial charge in [-0.25, -0.2) is 0 Å². The van der Waals surface area contributed by atoms with Crippen molar-refractivity contribution in [3.63, 3.8) is 0 Å². The number of hydrogen-bond acceptors (Lipinski definition) is 4. The fourth-order valence-electron chi connectivity index (χ4n) is 2.04. The summed E-state index contributed by atoms with van der Waals surface area (Å²) in [7, 11) is 0. The molecule has 0 spiro atoms. The number of carbonyl (C=O) groups excluding carboxylic acids is 1. The van der Waals surface area contributed by atoms with E-state index in [9.17, 15) is 4.79 Å². The topological polar surface area (TPSA) is 96.7 Å². The normalized spacial score (nSPS) is 10.9. The molecule has 1 amide bonds. The van der Waals surface area contributed by atoms with Crippen LogP contribution in [0.4, 0.5) is 11.8 Å². The summed E-state index contributed by atoms with van der Waals surface area (Å²) in [5.41, 5.74) is 7.35. The second-order valence-corrected chi connectivity index (χ2v) is 4.02. The summed E-state index contributed by atoms with van der Waals surface area (Å²) in [6.45, 7) is 1.43. The fraction of sp³-hybridized carbons (Fsp3) is 0.0833. The Morgan fingerprint density at radius 1 is 1.39 bits per heavy atom. The number of nitrogen functional groups attached to an aromatic ring is 1. The van der Waals surface area contributed by atoms with Gasteiger partial charge in [-0.05, 0) is 18.2 Å². The lowest BCUT2D eigenvalue weighted by Gasteiger charge is -2.08. The molecule has 0 radical (unpaired) electrons. The van der Waals surface area contributed by atoms with Gasteiger partial charge in [0.15, 0.2) is 5.95 Å². The number of anilines is 2. The average Bonchev–Trinajstić information content (AvgIpc) is 2.75. The maximum absolute atomic E-state index is 11.2. The van der Waals surface area contributed by atoms with Gasteiger partial charge in [-0.1, -0.05) is 0 Å². The zero-order valence-corrected chi connectivity index (χ0v) is 9.69. The lowest BCUT2D eigenvalue weighted by Crippen LogP contribution is -2.10. The summed E-state index contributed by atoms with van der Waals surface area (Å²) in [5, 5.41) is 4.44. The number of carbonyl (C=O) groups is 1. The van der Waals surface area contributed by atoms with E-state index in [1.807, 2.05) is 18.2 Å². The molecule has 0 atom stereocenters. The Morgan fingerprint density at radius 2 is 2.22 bits per heavy atom. The molecule has 0 fully saturated rings. The molecular formula is C12H11N5O. The second kappa shape index (κ2) is 3.69. The Balaban J connectivity index is 2.43. The van der Waals surface area contributed by atoms with Crippen molar-refractivity contribution in [1.29, 1.82) is 0 Å². The molecule has 0 saturated carbocycles. The first-order valence-corrected chi connectivity index (χ1v) is 5.45. The van der Waals surface area contributed by atoms with Crippen LogP contribution in [0.2, 0.25) is 0 Å². The molecule has 18 heavy (non-hydrogen) atoms. The molecule has 0 unspecified atom stereocenters. The Bertz CT molecular complexity index is 762. The summed E-state index contributed by atoms with van der Waals surface area (Å²) < 4.78 is 0. The fourth-order valence-corrected chi connectivity index (χ4v) is 2.04. The van der Waals surface area contributed by atoms with Gasteiger partial charge in [0.1, 0.15) is 5.82 Å².